The van der Waals surface area contributed by atoms with Crippen molar-refractivity contribution in [2.45, 2.75) is 26.9 Å². The van der Waals surface area contributed by atoms with Crippen LogP contribution in [-0.4, -0.2) is 24.6 Å². The number of carbonyl (C=O) groups is 2. The molecule has 2 aromatic rings. The van der Waals surface area contributed by atoms with Gasteiger partial charge < -0.3 is 19.5 Å². The van der Waals surface area contributed by atoms with Gasteiger partial charge in [0.05, 0.1) is 5.69 Å². The van der Waals surface area contributed by atoms with Crippen LogP contribution in [0.4, 0.5) is 5.69 Å². The lowest BCUT2D eigenvalue weighted by molar-refractivity contribution is -0.122. The number of hydrogen-bond donors (Lipinski definition) is 1. The Labute approximate surface area is 145 Å². The standard InChI is InChI=1S/C19H19NO5/c1-11-6-4-5-7-16(11)25-13(3)19(22)20-15-9-18-17(23-10-24-18)8-14(15)12(2)21/h4-9,13H,10H2,1-3H3,(H,20,22). The minimum Gasteiger partial charge on any atom is -0.481 e. The van der Waals surface area contributed by atoms with Crippen LogP contribution in [0, 0.1) is 6.92 Å². The van der Waals surface area contributed by atoms with Crippen LogP contribution in [0.5, 0.6) is 17.2 Å². The molecule has 0 spiro atoms. The number of Topliss-reactive ketones (excluding diaryl/α,β-unsaturated/α-hetero) is 1. The van der Waals surface area contributed by atoms with Gasteiger partial charge in [0.25, 0.3) is 5.91 Å². The van der Waals surface area contributed by atoms with E-state index in [1.54, 1.807) is 25.1 Å². The monoisotopic (exact) mass is 341 g/mol. The van der Waals surface area contributed by atoms with Crippen LogP contribution in [0.1, 0.15) is 29.8 Å². The largest absolute Gasteiger partial charge is 0.481 e. The van der Waals surface area contributed by atoms with E-state index < -0.39 is 6.10 Å². The molecule has 0 radical (unpaired) electrons. The summed E-state index contributed by atoms with van der Waals surface area (Å²) in [5.74, 6) is 1.09. The molecule has 1 amide bonds. The molecular formula is C19H19NO5. The zero-order valence-corrected chi connectivity index (χ0v) is 14.3. The highest BCUT2D eigenvalue weighted by Gasteiger charge is 2.22. The van der Waals surface area contributed by atoms with Crippen LogP contribution >= 0.6 is 0 Å². The third-order valence-corrected chi connectivity index (χ3v) is 3.92. The number of rotatable bonds is 5. The molecule has 0 saturated heterocycles. The molecule has 1 atom stereocenters. The number of amides is 1. The lowest BCUT2D eigenvalue weighted by Crippen LogP contribution is -2.30. The van der Waals surface area contributed by atoms with E-state index in [1.807, 2.05) is 25.1 Å². The van der Waals surface area contributed by atoms with E-state index >= 15 is 0 Å². The van der Waals surface area contributed by atoms with E-state index in [-0.39, 0.29) is 18.5 Å². The molecule has 1 aliphatic heterocycles. The van der Waals surface area contributed by atoms with Crippen molar-refractivity contribution in [3.05, 3.63) is 47.5 Å². The summed E-state index contributed by atoms with van der Waals surface area (Å²) in [6, 6.07) is 10.6. The molecule has 2 aromatic carbocycles. The summed E-state index contributed by atoms with van der Waals surface area (Å²) >= 11 is 0. The van der Waals surface area contributed by atoms with E-state index in [4.69, 9.17) is 14.2 Å². The highest BCUT2D eigenvalue weighted by molar-refractivity contribution is 6.05. The Balaban J connectivity index is 1.78. The molecule has 25 heavy (non-hydrogen) atoms. The second-order valence-electron chi connectivity index (χ2n) is 5.82. The normalized spacial score (nSPS) is 13.2. The Morgan fingerprint density at radius 3 is 2.52 bits per heavy atom. The highest BCUT2D eigenvalue weighted by Crippen LogP contribution is 2.37. The van der Waals surface area contributed by atoms with Crippen LogP contribution in [0.2, 0.25) is 0 Å². The third-order valence-electron chi connectivity index (χ3n) is 3.92. The average molecular weight is 341 g/mol. The van der Waals surface area contributed by atoms with Crippen molar-refractivity contribution in [3.63, 3.8) is 0 Å². The number of anilines is 1. The summed E-state index contributed by atoms with van der Waals surface area (Å²) in [4.78, 5) is 24.4. The molecule has 1 aliphatic rings. The van der Waals surface area contributed by atoms with E-state index in [0.717, 1.165) is 5.56 Å². The van der Waals surface area contributed by atoms with Gasteiger partial charge in [0.1, 0.15) is 5.75 Å². The molecule has 1 unspecified atom stereocenters. The zero-order valence-electron chi connectivity index (χ0n) is 14.3. The smallest absolute Gasteiger partial charge is 0.265 e. The molecule has 1 heterocycles. The molecule has 0 fully saturated rings. The van der Waals surface area contributed by atoms with Crippen molar-refractivity contribution >= 4 is 17.4 Å². The topological polar surface area (TPSA) is 73.9 Å². The van der Waals surface area contributed by atoms with Crippen molar-refractivity contribution in [3.8, 4) is 17.2 Å². The van der Waals surface area contributed by atoms with Gasteiger partial charge in [-0.3, -0.25) is 9.59 Å². The van der Waals surface area contributed by atoms with Crippen molar-refractivity contribution in [2.24, 2.45) is 0 Å². The predicted octanol–water partition coefficient (Wildman–Crippen LogP) is 3.33. The maximum atomic E-state index is 12.5. The van der Waals surface area contributed by atoms with Gasteiger partial charge in [-0.25, -0.2) is 0 Å². The summed E-state index contributed by atoms with van der Waals surface area (Å²) in [5.41, 5.74) is 1.68. The molecule has 0 bridgehead atoms. The molecule has 3 rings (SSSR count). The SMILES string of the molecule is CC(=O)c1cc2c(cc1NC(=O)C(C)Oc1ccccc1C)OCO2. The van der Waals surface area contributed by atoms with Gasteiger partial charge >= 0.3 is 0 Å². The first-order valence-corrected chi connectivity index (χ1v) is 7.93. The maximum Gasteiger partial charge on any atom is 0.265 e. The number of carbonyl (C=O) groups excluding carboxylic acids is 2. The van der Waals surface area contributed by atoms with E-state index in [0.29, 0.717) is 28.5 Å². The molecule has 6 heteroatoms. The Kier molecular flexibility index (Phi) is 4.61. The molecule has 0 aromatic heterocycles. The second kappa shape index (κ2) is 6.84. The van der Waals surface area contributed by atoms with Crippen molar-refractivity contribution in [1.29, 1.82) is 0 Å². The Morgan fingerprint density at radius 2 is 1.84 bits per heavy atom. The minimum atomic E-state index is -0.730. The van der Waals surface area contributed by atoms with Gasteiger partial charge in [-0.05, 0) is 38.5 Å². The lowest BCUT2D eigenvalue weighted by atomic mass is 10.1. The Morgan fingerprint density at radius 1 is 1.16 bits per heavy atom. The summed E-state index contributed by atoms with van der Waals surface area (Å²) in [6.45, 7) is 5.09. The van der Waals surface area contributed by atoms with Crippen LogP contribution in [-0.2, 0) is 4.79 Å². The van der Waals surface area contributed by atoms with Crippen LogP contribution < -0.4 is 19.5 Å². The molecule has 0 saturated carbocycles. The van der Waals surface area contributed by atoms with Gasteiger partial charge in [-0.1, -0.05) is 18.2 Å². The van der Waals surface area contributed by atoms with E-state index in [1.165, 1.54) is 6.92 Å². The van der Waals surface area contributed by atoms with Crippen molar-refractivity contribution in [2.75, 3.05) is 12.1 Å². The number of para-hydroxylation sites is 1. The van der Waals surface area contributed by atoms with E-state index in [9.17, 15) is 9.59 Å². The van der Waals surface area contributed by atoms with Gasteiger partial charge in [0, 0.05) is 11.6 Å². The third kappa shape index (κ3) is 3.57. The number of ether oxygens (including phenoxy) is 3. The molecular weight excluding hydrogens is 322 g/mol. The fourth-order valence-electron chi connectivity index (χ4n) is 2.50. The number of benzene rings is 2. The summed E-state index contributed by atoms with van der Waals surface area (Å²) < 4.78 is 16.3. The van der Waals surface area contributed by atoms with Crippen molar-refractivity contribution in [1.82, 2.24) is 0 Å². The van der Waals surface area contributed by atoms with Crippen molar-refractivity contribution < 1.29 is 23.8 Å². The fraction of sp³-hybridized carbons (Fsp3) is 0.263. The molecule has 6 nitrogen and oxygen atoms in total. The first kappa shape index (κ1) is 16.8. The first-order chi connectivity index (χ1) is 12.0. The Bertz CT molecular complexity index is 831. The number of ketones is 1. The van der Waals surface area contributed by atoms with Gasteiger partial charge in [0.15, 0.2) is 23.4 Å². The quantitative estimate of drug-likeness (QED) is 0.845. The molecule has 130 valence electrons. The lowest BCUT2D eigenvalue weighted by Gasteiger charge is -2.17. The number of aryl methyl sites for hydroxylation is 1. The minimum absolute atomic E-state index is 0.0941. The van der Waals surface area contributed by atoms with Crippen LogP contribution in [0.15, 0.2) is 36.4 Å². The zero-order chi connectivity index (χ0) is 18.0. The summed E-state index contributed by atoms with van der Waals surface area (Å²) in [5, 5.41) is 2.74. The fourth-order valence-corrected chi connectivity index (χ4v) is 2.50. The number of fused-ring (bicyclic) bond motifs is 1. The van der Waals surface area contributed by atoms with Gasteiger partial charge in [-0.15, -0.1) is 0 Å². The van der Waals surface area contributed by atoms with Crippen LogP contribution in [0.3, 0.4) is 0 Å². The molecule has 0 aliphatic carbocycles. The summed E-state index contributed by atoms with van der Waals surface area (Å²) in [6.07, 6.45) is -0.730. The van der Waals surface area contributed by atoms with E-state index in [2.05, 4.69) is 5.32 Å². The second-order valence-corrected chi connectivity index (χ2v) is 5.82. The summed E-state index contributed by atoms with van der Waals surface area (Å²) in [7, 11) is 0. The molecule has 1 N–H and O–H groups in total. The first-order valence-electron chi connectivity index (χ1n) is 7.93. The predicted molar refractivity (Wildman–Crippen MR) is 92.5 cm³/mol. The maximum absolute atomic E-state index is 12.5. The average Bonchev–Trinajstić information content (AvgIpc) is 3.03. The van der Waals surface area contributed by atoms with Crippen LogP contribution in [0.25, 0.3) is 0 Å². The van der Waals surface area contributed by atoms with Gasteiger partial charge in [0.2, 0.25) is 6.79 Å². The highest BCUT2D eigenvalue weighted by atomic mass is 16.7. The number of hydrogen-bond acceptors (Lipinski definition) is 5. The number of nitrogens with one attached hydrogen (secondary N) is 1. The Hall–Kier alpha value is -3.02. The van der Waals surface area contributed by atoms with Gasteiger partial charge in [-0.2, -0.15) is 0 Å².